The van der Waals surface area contributed by atoms with Crippen molar-refractivity contribution in [3.8, 4) is 0 Å². The lowest BCUT2D eigenvalue weighted by molar-refractivity contribution is -0.114. The van der Waals surface area contributed by atoms with Crippen LogP contribution in [0.15, 0.2) is 52.0 Å². The van der Waals surface area contributed by atoms with E-state index in [9.17, 15) is 14.4 Å². The zero-order chi connectivity index (χ0) is 21.8. The molecule has 2 aromatic rings. The minimum atomic E-state index is -0.552. The fourth-order valence-corrected chi connectivity index (χ4v) is 3.96. The number of likely N-dealkylation sites (tertiary alicyclic amines) is 1. The number of nitrogens with one attached hydrogen (secondary N) is 2. The summed E-state index contributed by atoms with van der Waals surface area (Å²) in [7, 11) is 0. The number of carbonyl (C=O) groups is 3. The number of amides is 3. The Balaban J connectivity index is 1.39. The lowest BCUT2D eigenvalue weighted by Gasteiger charge is -2.30. The number of halogens is 1. The Morgan fingerprint density at radius 3 is 2.55 bits per heavy atom. The summed E-state index contributed by atoms with van der Waals surface area (Å²) >= 11 is 3.36. The average Bonchev–Trinajstić information content (AvgIpc) is 3.00. The van der Waals surface area contributed by atoms with Crippen molar-refractivity contribution in [2.75, 3.05) is 30.0 Å². The second-order valence-electron chi connectivity index (χ2n) is 7.49. The van der Waals surface area contributed by atoms with E-state index < -0.39 is 17.7 Å². The second-order valence-corrected chi connectivity index (χ2v) is 8.41. The summed E-state index contributed by atoms with van der Waals surface area (Å²) in [5.74, 6) is -1.08. The summed E-state index contributed by atoms with van der Waals surface area (Å²) in [6, 6.07) is 11.8. The van der Waals surface area contributed by atoms with Gasteiger partial charge in [-0.15, -0.1) is 0 Å². The van der Waals surface area contributed by atoms with E-state index in [1.807, 2.05) is 24.3 Å². The van der Waals surface area contributed by atoms with Crippen molar-refractivity contribution in [3.05, 3.63) is 58.1 Å². The van der Waals surface area contributed by atoms with E-state index >= 15 is 0 Å². The molecule has 8 nitrogen and oxygen atoms in total. The first-order valence-corrected chi connectivity index (χ1v) is 10.9. The van der Waals surface area contributed by atoms with Gasteiger partial charge in [0.15, 0.2) is 0 Å². The summed E-state index contributed by atoms with van der Waals surface area (Å²) in [5.41, 5.74) is 4.52. The molecular weight excluding hydrogens is 462 g/mol. The van der Waals surface area contributed by atoms with Crippen LogP contribution in [0.1, 0.15) is 35.2 Å². The fourth-order valence-electron chi connectivity index (χ4n) is 3.69. The number of piperidine rings is 1. The minimum Gasteiger partial charge on any atom is -0.306 e. The maximum absolute atomic E-state index is 12.5. The summed E-state index contributed by atoms with van der Waals surface area (Å²) in [5, 5.41) is 6.54. The molecule has 0 unspecified atom stereocenters. The number of ketones is 1. The summed E-state index contributed by atoms with van der Waals surface area (Å²) in [6.45, 7) is 2.26. The highest BCUT2D eigenvalue weighted by Crippen LogP contribution is 2.31. The van der Waals surface area contributed by atoms with E-state index in [1.54, 1.807) is 12.1 Å². The Morgan fingerprint density at radius 1 is 1.06 bits per heavy atom. The lowest BCUT2D eigenvalue weighted by Crippen LogP contribution is -2.43. The van der Waals surface area contributed by atoms with Gasteiger partial charge in [-0.3, -0.25) is 19.4 Å². The first-order valence-electron chi connectivity index (χ1n) is 10.1. The van der Waals surface area contributed by atoms with Crippen LogP contribution in [0.5, 0.6) is 0 Å². The van der Waals surface area contributed by atoms with Crippen molar-refractivity contribution >= 4 is 51.2 Å². The Kier molecular flexibility index (Phi) is 6.43. The average molecular weight is 484 g/mol. The SMILES string of the molecule is O=C(N/N=C/c1ccc(Br)cc1)Nc1ccc2c(c1)C(=O)C(=O)N2CN1CCCCC1. The number of nitrogens with zero attached hydrogens (tertiary/aromatic N) is 3. The molecule has 1 saturated heterocycles. The predicted octanol–water partition coefficient (Wildman–Crippen LogP) is 3.58. The van der Waals surface area contributed by atoms with Crippen molar-refractivity contribution in [2.45, 2.75) is 19.3 Å². The molecule has 2 heterocycles. The molecule has 2 aliphatic heterocycles. The predicted molar refractivity (Wildman–Crippen MR) is 122 cm³/mol. The van der Waals surface area contributed by atoms with E-state index in [-0.39, 0.29) is 0 Å². The molecule has 160 valence electrons. The van der Waals surface area contributed by atoms with Gasteiger partial charge in [0.05, 0.1) is 24.1 Å². The normalized spacial score (nSPS) is 16.6. The van der Waals surface area contributed by atoms with Gasteiger partial charge in [0, 0.05) is 10.2 Å². The number of fused-ring (bicyclic) bond motifs is 1. The first kappa shape index (κ1) is 21.2. The van der Waals surface area contributed by atoms with Gasteiger partial charge in [-0.05, 0) is 61.8 Å². The van der Waals surface area contributed by atoms with Crippen LogP contribution in [-0.2, 0) is 4.79 Å². The molecule has 3 amide bonds. The van der Waals surface area contributed by atoms with E-state index in [1.165, 1.54) is 23.6 Å². The lowest BCUT2D eigenvalue weighted by atomic mass is 10.1. The number of hydrogen-bond donors (Lipinski definition) is 2. The highest BCUT2D eigenvalue weighted by molar-refractivity contribution is 9.10. The summed E-state index contributed by atoms with van der Waals surface area (Å²) in [4.78, 5) is 40.8. The van der Waals surface area contributed by atoms with Gasteiger partial charge in [0.25, 0.3) is 5.78 Å². The van der Waals surface area contributed by atoms with Crippen LogP contribution in [0.25, 0.3) is 0 Å². The van der Waals surface area contributed by atoms with Crippen LogP contribution < -0.4 is 15.6 Å². The Morgan fingerprint density at radius 2 is 1.81 bits per heavy atom. The van der Waals surface area contributed by atoms with E-state index in [0.717, 1.165) is 36.0 Å². The third kappa shape index (κ3) is 5.00. The topological polar surface area (TPSA) is 94.1 Å². The highest BCUT2D eigenvalue weighted by Gasteiger charge is 2.37. The van der Waals surface area contributed by atoms with E-state index in [2.05, 4.69) is 36.7 Å². The third-order valence-corrected chi connectivity index (χ3v) is 5.80. The van der Waals surface area contributed by atoms with Crippen molar-refractivity contribution in [3.63, 3.8) is 0 Å². The molecule has 1 fully saturated rings. The highest BCUT2D eigenvalue weighted by atomic mass is 79.9. The maximum Gasteiger partial charge on any atom is 0.339 e. The van der Waals surface area contributed by atoms with Crippen LogP contribution in [0.2, 0.25) is 0 Å². The number of Topliss-reactive ketones (excluding diaryl/α,β-unsaturated/α-hetero) is 1. The van der Waals surface area contributed by atoms with Gasteiger partial charge < -0.3 is 5.32 Å². The van der Waals surface area contributed by atoms with Gasteiger partial charge >= 0.3 is 11.9 Å². The fraction of sp³-hybridized carbons (Fsp3) is 0.273. The van der Waals surface area contributed by atoms with Crippen LogP contribution in [-0.4, -0.2) is 48.6 Å². The quantitative estimate of drug-likeness (QED) is 0.386. The van der Waals surface area contributed by atoms with Crippen molar-refractivity contribution in [1.82, 2.24) is 10.3 Å². The second kappa shape index (κ2) is 9.40. The number of benzene rings is 2. The molecule has 2 N–H and O–H groups in total. The molecule has 31 heavy (non-hydrogen) atoms. The van der Waals surface area contributed by atoms with Crippen molar-refractivity contribution < 1.29 is 14.4 Å². The molecular formula is C22H22BrN5O3. The van der Waals surface area contributed by atoms with Crippen LogP contribution in [0.4, 0.5) is 16.2 Å². The standard InChI is InChI=1S/C22H22BrN5O3/c23-16-6-4-15(5-7-16)13-24-26-22(31)25-17-8-9-19-18(12-17)20(29)21(30)28(19)14-27-10-2-1-3-11-27/h4-9,12-13H,1-3,10-11,14H2,(H2,25,26,31)/b24-13+. The molecule has 0 spiro atoms. The minimum absolute atomic E-state index is 0.304. The third-order valence-electron chi connectivity index (χ3n) is 5.27. The van der Waals surface area contributed by atoms with Gasteiger partial charge in [-0.1, -0.05) is 34.5 Å². The molecule has 0 bridgehead atoms. The molecule has 9 heteroatoms. The monoisotopic (exact) mass is 483 g/mol. The molecule has 4 rings (SSSR count). The molecule has 2 aromatic carbocycles. The largest absolute Gasteiger partial charge is 0.339 e. The number of anilines is 2. The zero-order valence-electron chi connectivity index (χ0n) is 16.8. The summed E-state index contributed by atoms with van der Waals surface area (Å²) in [6.07, 6.45) is 4.93. The first-order chi connectivity index (χ1) is 15.0. The van der Waals surface area contributed by atoms with Gasteiger partial charge in [-0.25, -0.2) is 10.2 Å². The Labute approximate surface area is 188 Å². The van der Waals surface area contributed by atoms with Gasteiger partial charge in [0.1, 0.15) is 0 Å². The number of urea groups is 1. The van der Waals surface area contributed by atoms with Gasteiger partial charge in [0.2, 0.25) is 0 Å². The zero-order valence-corrected chi connectivity index (χ0v) is 18.4. The van der Waals surface area contributed by atoms with Crippen LogP contribution in [0, 0.1) is 0 Å². The molecule has 0 aliphatic carbocycles. The summed E-state index contributed by atoms with van der Waals surface area (Å²) < 4.78 is 0.953. The molecule has 0 aromatic heterocycles. The number of carbonyl (C=O) groups excluding carboxylic acids is 3. The van der Waals surface area contributed by atoms with Crippen molar-refractivity contribution in [1.29, 1.82) is 0 Å². The van der Waals surface area contributed by atoms with Gasteiger partial charge in [-0.2, -0.15) is 5.10 Å². The Hall–Kier alpha value is -3.04. The van der Waals surface area contributed by atoms with E-state index in [0.29, 0.717) is 23.6 Å². The van der Waals surface area contributed by atoms with E-state index in [4.69, 9.17) is 0 Å². The molecule has 2 aliphatic rings. The van der Waals surface area contributed by atoms with Crippen LogP contribution >= 0.6 is 15.9 Å². The molecule has 0 radical (unpaired) electrons. The number of rotatable bonds is 5. The van der Waals surface area contributed by atoms with Crippen LogP contribution in [0.3, 0.4) is 0 Å². The van der Waals surface area contributed by atoms with Crippen molar-refractivity contribution in [2.24, 2.45) is 5.10 Å². The Bertz CT molecular complexity index is 1030. The molecule has 0 saturated carbocycles. The smallest absolute Gasteiger partial charge is 0.306 e. The molecule has 0 atom stereocenters. The number of hydrazone groups is 1. The number of hydrogen-bond acceptors (Lipinski definition) is 5. The maximum atomic E-state index is 12.5.